The first-order valence-corrected chi connectivity index (χ1v) is 8.19. The average Bonchev–Trinajstić information content (AvgIpc) is 3.25. The van der Waals surface area contributed by atoms with Crippen molar-refractivity contribution in [2.45, 2.75) is 33.5 Å². The number of carbonyl (C=O) groups is 1. The molecule has 0 saturated carbocycles. The molecule has 0 aliphatic carbocycles. The molecule has 2 N–H and O–H groups in total. The lowest BCUT2D eigenvalue weighted by Crippen LogP contribution is -2.23. The van der Waals surface area contributed by atoms with E-state index < -0.39 is 0 Å². The van der Waals surface area contributed by atoms with Crippen molar-refractivity contribution >= 4 is 5.91 Å². The zero-order valence-corrected chi connectivity index (χ0v) is 14.3. The summed E-state index contributed by atoms with van der Waals surface area (Å²) < 4.78 is 7.48. The summed E-state index contributed by atoms with van der Waals surface area (Å²) in [5.41, 5.74) is 3.00. The molecular weight excluding hydrogens is 318 g/mol. The van der Waals surface area contributed by atoms with Gasteiger partial charge in [0.15, 0.2) is 0 Å². The summed E-state index contributed by atoms with van der Waals surface area (Å²) in [5, 5.41) is 14.1. The second kappa shape index (κ2) is 7.65. The van der Waals surface area contributed by atoms with Gasteiger partial charge in [0.1, 0.15) is 18.1 Å². The molecule has 0 radical (unpaired) electrons. The highest BCUT2D eigenvalue weighted by atomic mass is 16.5. The predicted molar refractivity (Wildman–Crippen MR) is 93.2 cm³/mol. The number of aromatic amines is 1. The van der Waals surface area contributed by atoms with E-state index in [4.69, 9.17) is 4.74 Å². The summed E-state index contributed by atoms with van der Waals surface area (Å²) >= 11 is 0. The van der Waals surface area contributed by atoms with Gasteiger partial charge >= 0.3 is 0 Å². The lowest BCUT2D eigenvalue weighted by Gasteiger charge is -2.03. The first-order chi connectivity index (χ1) is 12.2. The Kier molecular flexibility index (Phi) is 5.13. The van der Waals surface area contributed by atoms with Gasteiger partial charge in [-0.15, -0.1) is 0 Å². The van der Waals surface area contributed by atoms with Crippen LogP contribution in [0.5, 0.6) is 5.75 Å². The molecule has 3 aromatic rings. The van der Waals surface area contributed by atoms with E-state index in [-0.39, 0.29) is 5.91 Å². The number of rotatable bonds is 7. The summed E-state index contributed by atoms with van der Waals surface area (Å²) in [6, 6.07) is 11.2. The maximum atomic E-state index is 12.2. The third-order valence-corrected chi connectivity index (χ3v) is 3.81. The van der Waals surface area contributed by atoms with Crippen molar-refractivity contribution in [2.24, 2.45) is 0 Å². The molecule has 25 heavy (non-hydrogen) atoms. The number of hydrogen-bond acceptors (Lipinski definition) is 4. The SMILES string of the molecule is CCn1cc(CNC(=O)c2cc(COc3ccccc3)[nH]n2)c(C)n1. The molecule has 2 aromatic heterocycles. The lowest BCUT2D eigenvalue weighted by atomic mass is 10.2. The number of H-pyrrole nitrogens is 1. The molecule has 7 nitrogen and oxygen atoms in total. The van der Waals surface area contributed by atoms with Gasteiger partial charge in [-0.05, 0) is 32.0 Å². The maximum absolute atomic E-state index is 12.2. The van der Waals surface area contributed by atoms with E-state index in [1.807, 2.05) is 55.1 Å². The summed E-state index contributed by atoms with van der Waals surface area (Å²) in [7, 11) is 0. The van der Waals surface area contributed by atoms with Gasteiger partial charge in [-0.25, -0.2) is 0 Å². The van der Waals surface area contributed by atoms with Gasteiger partial charge in [-0.1, -0.05) is 18.2 Å². The number of ether oxygens (including phenoxy) is 1. The molecule has 0 fully saturated rings. The molecule has 1 amide bonds. The molecular formula is C18H21N5O2. The number of aryl methyl sites for hydroxylation is 2. The maximum Gasteiger partial charge on any atom is 0.272 e. The molecule has 0 spiro atoms. The summed E-state index contributed by atoms with van der Waals surface area (Å²) in [4.78, 5) is 12.2. The van der Waals surface area contributed by atoms with Gasteiger partial charge < -0.3 is 10.1 Å². The Morgan fingerprint density at radius 3 is 2.84 bits per heavy atom. The molecule has 0 bridgehead atoms. The molecule has 7 heteroatoms. The Morgan fingerprint density at radius 2 is 2.12 bits per heavy atom. The van der Waals surface area contributed by atoms with Crippen LogP contribution < -0.4 is 10.1 Å². The fraction of sp³-hybridized carbons (Fsp3) is 0.278. The van der Waals surface area contributed by atoms with Gasteiger partial charge in [0.25, 0.3) is 5.91 Å². The average molecular weight is 339 g/mol. The number of carbonyl (C=O) groups excluding carboxylic acids is 1. The number of hydrogen-bond donors (Lipinski definition) is 2. The number of benzene rings is 1. The van der Waals surface area contributed by atoms with E-state index >= 15 is 0 Å². The van der Waals surface area contributed by atoms with Gasteiger partial charge in [-0.3, -0.25) is 14.6 Å². The van der Waals surface area contributed by atoms with Crippen LogP contribution in [0.4, 0.5) is 0 Å². The number of aromatic nitrogens is 4. The van der Waals surface area contributed by atoms with Crippen LogP contribution in [-0.4, -0.2) is 25.9 Å². The molecule has 0 atom stereocenters. The van der Waals surface area contributed by atoms with Crippen LogP contribution in [0.3, 0.4) is 0 Å². The van der Waals surface area contributed by atoms with Crippen molar-refractivity contribution < 1.29 is 9.53 Å². The first-order valence-electron chi connectivity index (χ1n) is 8.19. The smallest absolute Gasteiger partial charge is 0.272 e. The second-order valence-corrected chi connectivity index (χ2v) is 5.66. The highest BCUT2D eigenvalue weighted by Crippen LogP contribution is 2.11. The minimum atomic E-state index is -0.231. The number of para-hydroxylation sites is 1. The van der Waals surface area contributed by atoms with Crippen LogP contribution in [-0.2, 0) is 19.7 Å². The predicted octanol–water partition coefficient (Wildman–Crippen LogP) is 2.44. The van der Waals surface area contributed by atoms with Crippen molar-refractivity contribution in [1.29, 1.82) is 0 Å². The number of nitrogens with zero attached hydrogens (tertiary/aromatic N) is 3. The van der Waals surface area contributed by atoms with Crippen LogP contribution in [0, 0.1) is 6.92 Å². The fourth-order valence-corrected chi connectivity index (χ4v) is 2.39. The van der Waals surface area contributed by atoms with Crippen molar-refractivity contribution in [2.75, 3.05) is 0 Å². The summed E-state index contributed by atoms with van der Waals surface area (Å²) in [6.07, 6.45) is 1.94. The molecule has 0 unspecified atom stereocenters. The fourth-order valence-electron chi connectivity index (χ4n) is 2.39. The Balaban J connectivity index is 1.54. The van der Waals surface area contributed by atoms with Crippen molar-refractivity contribution in [3.05, 3.63) is 65.2 Å². The van der Waals surface area contributed by atoms with Crippen LogP contribution in [0.25, 0.3) is 0 Å². The third kappa shape index (κ3) is 4.26. The Labute approximate surface area is 146 Å². The quantitative estimate of drug-likeness (QED) is 0.692. The van der Waals surface area contributed by atoms with Crippen molar-refractivity contribution in [3.63, 3.8) is 0 Å². The van der Waals surface area contributed by atoms with Crippen LogP contribution in [0.15, 0.2) is 42.6 Å². The third-order valence-electron chi connectivity index (χ3n) is 3.81. The zero-order chi connectivity index (χ0) is 17.6. The molecule has 2 heterocycles. The van der Waals surface area contributed by atoms with Crippen LogP contribution in [0.2, 0.25) is 0 Å². The Morgan fingerprint density at radius 1 is 1.32 bits per heavy atom. The molecule has 0 saturated heterocycles. The summed E-state index contributed by atoms with van der Waals surface area (Å²) in [5.74, 6) is 0.539. The van der Waals surface area contributed by atoms with E-state index in [2.05, 4.69) is 20.6 Å². The first kappa shape index (κ1) is 16.8. The van der Waals surface area contributed by atoms with E-state index in [0.717, 1.165) is 29.2 Å². The normalized spacial score (nSPS) is 10.6. The van der Waals surface area contributed by atoms with E-state index in [1.54, 1.807) is 6.07 Å². The zero-order valence-electron chi connectivity index (χ0n) is 14.3. The molecule has 0 aliphatic heterocycles. The number of nitrogens with one attached hydrogen (secondary N) is 2. The lowest BCUT2D eigenvalue weighted by molar-refractivity contribution is 0.0946. The Hall–Kier alpha value is -3.09. The van der Waals surface area contributed by atoms with E-state index in [1.165, 1.54) is 0 Å². The van der Waals surface area contributed by atoms with Gasteiger partial charge in [-0.2, -0.15) is 10.2 Å². The van der Waals surface area contributed by atoms with Gasteiger partial charge in [0, 0.05) is 24.8 Å². The molecule has 1 aromatic carbocycles. The van der Waals surface area contributed by atoms with Crippen LogP contribution in [0.1, 0.15) is 34.4 Å². The van der Waals surface area contributed by atoms with Gasteiger partial charge in [0.05, 0.1) is 11.4 Å². The molecule has 3 rings (SSSR count). The molecule has 130 valence electrons. The van der Waals surface area contributed by atoms with Crippen molar-refractivity contribution in [3.8, 4) is 5.75 Å². The largest absolute Gasteiger partial charge is 0.487 e. The van der Waals surface area contributed by atoms with Crippen molar-refractivity contribution in [1.82, 2.24) is 25.3 Å². The minimum absolute atomic E-state index is 0.231. The monoisotopic (exact) mass is 339 g/mol. The highest BCUT2D eigenvalue weighted by molar-refractivity contribution is 5.92. The summed E-state index contributed by atoms with van der Waals surface area (Å²) in [6.45, 7) is 5.51. The second-order valence-electron chi connectivity index (χ2n) is 5.66. The Bertz CT molecular complexity index is 838. The topological polar surface area (TPSA) is 84.8 Å². The van der Waals surface area contributed by atoms with Gasteiger partial charge in [0.2, 0.25) is 0 Å². The standard InChI is InChI=1S/C18H21N5O2/c1-3-23-11-14(13(2)22-23)10-19-18(24)17-9-15(20-21-17)12-25-16-7-5-4-6-8-16/h4-9,11H,3,10,12H2,1-2H3,(H,19,24)(H,20,21). The number of amides is 1. The van der Waals surface area contributed by atoms with E-state index in [0.29, 0.717) is 18.8 Å². The van der Waals surface area contributed by atoms with Crippen LogP contribution >= 0.6 is 0 Å². The highest BCUT2D eigenvalue weighted by Gasteiger charge is 2.12. The minimum Gasteiger partial charge on any atom is -0.487 e. The molecule has 0 aliphatic rings. The van der Waals surface area contributed by atoms with E-state index in [9.17, 15) is 4.79 Å².